The summed E-state index contributed by atoms with van der Waals surface area (Å²) in [6, 6.07) is 0. The Labute approximate surface area is 343 Å². The van der Waals surface area contributed by atoms with Gasteiger partial charge in [-0.25, -0.2) is 0 Å². The van der Waals surface area contributed by atoms with Gasteiger partial charge in [0.1, 0.15) is 6.61 Å². The quantitative estimate of drug-likeness (QED) is 0.0384. The average molecular weight is 773 g/mol. The Kier molecular flexibility index (Phi) is 42.7. The van der Waals surface area contributed by atoms with Gasteiger partial charge in [0.2, 0.25) is 0 Å². The van der Waals surface area contributed by atoms with Crippen LogP contribution in [-0.4, -0.2) is 36.4 Å². The first-order chi connectivity index (χ1) is 27.6. The van der Waals surface area contributed by atoms with E-state index in [-0.39, 0.29) is 31.6 Å². The van der Waals surface area contributed by atoms with Gasteiger partial charge in [-0.15, -0.1) is 0 Å². The maximum absolute atomic E-state index is 12.2. The fraction of sp³-hybridized carbons (Fsp3) is 0.569. The summed E-state index contributed by atoms with van der Waals surface area (Å²) >= 11 is 0. The molecule has 1 unspecified atom stereocenters. The Hall–Kier alpha value is -3.70. The minimum absolute atomic E-state index is 0.113. The van der Waals surface area contributed by atoms with Crippen LogP contribution in [0.25, 0.3) is 0 Å². The third-order valence-electron chi connectivity index (χ3n) is 8.76. The van der Waals surface area contributed by atoms with Crippen molar-refractivity contribution in [1.82, 2.24) is 0 Å². The Bertz CT molecular complexity index is 1190. The molecular weight excluding hydrogens is 693 g/mol. The van der Waals surface area contributed by atoms with Crippen molar-refractivity contribution >= 4 is 11.9 Å². The molecule has 0 aliphatic carbocycles. The molecule has 1 atom stereocenters. The predicted molar refractivity (Wildman–Crippen MR) is 241 cm³/mol. The zero-order chi connectivity index (χ0) is 40.7. The Morgan fingerprint density at radius 2 is 0.750 bits per heavy atom. The van der Waals surface area contributed by atoms with Crippen LogP contribution in [0.1, 0.15) is 168 Å². The number of allylic oxidation sites excluding steroid dienone is 20. The zero-order valence-electron chi connectivity index (χ0n) is 35.6. The van der Waals surface area contributed by atoms with Crippen molar-refractivity contribution < 1.29 is 24.2 Å². The van der Waals surface area contributed by atoms with Crippen LogP contribution in [0.3, 0.4) is 0 Å². The maximum Gasteiger partial charge on any atom is 0.306 e. The lowest BCUT2D eigenvalue weighted by Crippen LogP contribution is -2.28. The lowest BCUT2D eigenvalue weighted by Gasteiger charge is -2.15. The second kappa shape index (κ2) is 45.7. The SMILES string of the molecule is CC/C=C\C/C=C\C/C=C\C/C=C\C/C=C\C/C=C\CCCCCCCCCCCCC(=O)OC(CO)COC(=O)CC/C=C\C/C=C\C/C=C\C/C=C\CC. The largest absolute Gasteiger partial charge is 0.462 e. The fourth-order valence-corrected chi connectivity index (χ4v) is 5.51. The van der Waals surface area contributed by atoms with Crippen LogP contribution in [0.5, 0.6) is 0 Å². The zero-order valence-corrected chi connectivity index (χ0v) is 35.6. The van der Waals surface area contributed by atoms with E-state index < -0.39 is 6.10 Å². The molecule has 0 rings (SSSR count). The highest BCUT2D eigenvalue weighted by Crippen LogP contribution is 2.13. The number of carbonyl (C=O) groups is 2. The van der Waals surface area contributed by atoms with Gasteiger partial charge in [0, 0.05) is 12.8 Å². The highest BCUT2D eigenvalue weighted by molar-refractivity contribution is 5.70. The molecule has 0 amide bonds. The standard InChI is InChI=1S/C51H80O5/c1-3-5-7-9-11-13-15-17-18-19-20-21-22-23-24-25-26-27-28-29-30-31-32-34-36-38-40-42-44-46-51(54)56-49(47-52)48-55-50(53)45-43-41-39-37-35-33-16-14-12-10-8-6-4-2/h5-8,11-14,17-18,20-21,23-24,26-27,33,35,39,41,49,52H,3-4,9-10,15-16,19,22,25,28-32,34,36-38,40,42-48H2,1-2H3/b7-5-,8-6-,13-11-,14-12-,18-17-,21-20-,24-23-,27-26-,35-33-,41-39-. The van der Waals surface area contributed by atoms with E-state index in [1.165, 1.54) is 51.4 Å². The summed E-state index contributed by atoms with van der Waals surface area (Å²) in [5, 5.41) is 9.56. The number of ether oxygens (including phenoxy) is 2. The van der Waals surface area contributed by atoms with Gasteiger partial charge in [-0.05, 0) is 89.9 Å². The van der Waals surface area contributed by atoms with Crippen LogP contribution in [-0.2, 0) is 19.1 Å². The smallest absolute Gasteiger partial charge is 0.306 e. The molecule has 0 aliphatic rings. The summed E-state index contributed by atoms with van der Waals surface area (Å²) in [7, 11) is 0. The van der Waals surface area contributed by atoms with Gasteiger partial charge < -0.3 is 14.6 Å². The van der Waals surface area contributed by atoms with Crippen LogP contribution in [0.2, 0.25) is 0 Å². The van der Waals surface area contributed by atoms with E-state index in [0.29, 0.717) is 12.8 Å². The van der Waals surface area contributed by atoms with Crippen molar-refractivity contribution in [3.8, 4) is 0 Å². The number of hydrogen-bond acceptors (Lipinski definition) is 5. The normalized spacial score (nSPS) is 13.4. The molecule has 1 N–H and O–H groups in total. The van der Waals surface area contributed by atoms with Crippen molar-refractivity contribution in [2.75, 3.05) is 13.2 Å². The molecule has 314 valence electrons. The first-order valence-corrected chi connectivity index (χ1v) is 22.1. The molecule has 0 aromatic rings. The van der Waals surface area contributed by atoms with Crippen molar-refractivity contribution in [3.63, 3.8) is 0 Å². The van der Waals surface area contributed by atoms with Crippen molar-refractivity contribution in [1.29, 1.82) is 0 Å². The van der Waals surface area contributed by atoms with Gasteiger partial charge >= 0.3 is 11.9 Å². The first-order valence-electron chi connectivity index (χ1n) is 22.1. The van der Waals surface area contributed by atoms with Gasteiger partial charge in [-0.1, -0.05) is 187 Å². The number of aliphatic hydroxyl groups is 1. The minimum Gasteiger partial charge on any atom is -0.462 e. The van der Waals surface area contributed by atoms with Crippen LogP contribution in [0.4, 0.5) is 0 Å². The van der Waals surface area contributed by atoms with Crippen LogP contribution >= 0.6 is 0 Å². The van der Waals surface area contributed by atoms with E-state index in [0.717, 1.165) is 83.5 Å². The second-order valence-electron chi connectivity index (χ2n) is 14.0. The second-order valence-corrected chi connectivity index (χ2v) is 14.0. The number of hydrogen-bond donors (Lipinski definition) is 1. The Morgan fingerprint density at radius 1 is 0.411 bits per heavy atom. The van der Waals surface area contributed by atoms with Crippen molar-refractivity contribution in [2.45, 2.75) is 174 Å². The summed E-state index contributed by atoms with van der Waals surface area (Å²) in [5.41, 5.74) is 0. The first kappa shape index (κ1) is 52.3. The Morgan fingerprint density at radius 3 is 1.14 bits per heavy atom. The molecule has 0 aliphatic heterocycles. The monoisotopic (exact) mass is 773 g/mol. The molecular formula is C51H80O5. The number of esters is 2. The summed E-state index contributed by atoms with van der Waals surface area (Å²) in [4.78, 5) is 24.3. The van der Waals surface area contributed by atoms with Crippen LogP contribution in [0, 0.1) is 0 Å². The molecule has 0 aromatic carbocycles. The Balaban J connectivity index is 3.63. The topological polar surface area (TPSA) is 72.8 Å². The van der Waals surface area contributed by atoms with Crippen molar-refractivity contribution in [3.05, 3.63) is 122 Å². The van der Waals surface area contributed by atoms with E-state index in [4.69, 9.17) is 9.47 Å². The minimum atomic E-state index is -0.811. The predicted octanol–water partition coefficient (Wildman–Crippen LogP) is 14.4. The van der Waals surface area contributed by atoms with Crippen LogP contribution in [0.15, 0.2) is 122 Å². The molecule has 0 radical (unpaired) electrons. The van der Waals surface area contributed by atoms with E-state index >= 15 is 0 Å². The molecule has 0 bridgehead atoms. The lowest BCUT2D eigenvalue weighted by molar-refractivity contribution is -0.161. The van der Waals surface area contributed by atoms with E-state index in [9.17, 15) is 14.7 Å². The molecule has 0 heterocycles. The summed E-state index contributed by atoms with van der Waals surface area (Å²) in [6.07, 6.45) is 67.2. The lowest BCUT2D eigenvalue weighted by atomic mass is 10.0. The van der Waals surface area contributed by atoms with Crippen LogP contribution < -0.4 is 0 Å². The molecule has 56 heavy (non-hydrogen) atoms. The maximum atomic E-state index is 12.2. The summed E-state index contributed by atoms with van der Waals surface area (Å²) < 4.78 is 10.5. The fourth-order valence-electron chi connectivity index (χ4n) is 5.51. The number of aliphatic hydroxyl groups excluding tert-OH is 1. The van der Waals surface area contributed by atoms with E-state index in [1.807, 2.05) is 12.2 Å². The highest BCUT2D eigenvalue weighted by atomic mass is 16.6. The van der Waals surface area contributed by atoms with Gasteiger partial charge in [-0.2, -0.15) is 0 Å². The highest BCUT2D eigenvalue weighted by Gasteiger charge is 2.15. The third kappa shape index (κ3) is 43.0. The molecule has 0 aromatic heterocycles. The summed E-state index contributed by atoms with van der Waals surface area (Å²) in [6.45, 7) is 3.82. The van der Waals surface area contributed by atoms with Gasteiger partial charge in [0.15, 0.2) is 6.10 Å². The molecule has 5 nitrogen and oxygen atoms in total. The van der Waals surface area contributed by atoms with Gasteiger partial charge in [-0.3, -0.25) is 9.59 Å². The molecule has 0 saturated carbocycles. The van der Waals surface area contributed by atoms with Crippen molar-refractivity contribution in [2.24, 2.45) is 0 Å². The van der Waals surface area contributed by atoms with E-state index in [2.05, 4.69) is 123 Å². The molecule has 0 spiro atoms. The third-order valence-corrected chi connectivity index (χ3v) is 8.76. The number of carbonyl (C=O) groups excluding carboxylic acids is 2. The average Bonchev–Trinajstić information content (AvgIpc) is 3.20. The molecule has 0 fully saturated rings. The molecule has 5 heteroatoms. The summed E-state index contributed by atoms with van der Waals surface area (Å²) in [5.74, 6) is -0.702. The van der Waals surface area contributed by atoms with Gasteiger partial charge in [0.25, 0.3) is 0 Å². The number of unbranched alkanes of at least 4 members (excludes halogenated alkanes) is 10. The molecule has 0 saturated heterocycles. The van der Waals surface area contributed by atoms with E-state index in [1.54, 1.807) is 0 Å². The van der Waals surface area contributed by atoms with Gasteiger partial charge in [0.05, 0.1) is 6.61 Å². The number of rotatable bonds is 38.